The molecule has 0 atom stereocenters. The lowest BCUT2D eigenvalue weighted by atomic mass is 10.2. The van der Waals surface area contributed by atoms with Gasteiger partial charge in [0.1, 0.15) is 0 Å². The normalized spacial score (nSPS) is 14.6. The van der Waals surface area contributed by atoms with Crippen LogP contribution < -0.4 is 16.0 Å². The van der Waals surface area contributed by atoms with E-state index in [4.69, 9.17) is 0 Å². The van der Waals surface area contributed by atoms with Crippen molar-refractivity contribution in [3.8, 4) is 0 Å². The van der Waals surface area contributed by atoms with Crippen LogP contribution in [0.4, 0.5) is 0 Å². The van der Waals surface area contributed by atoms with Gasteiger partial charge in [0.15, 0.2) is 5.96 Å². The van der Waals surface area contributed by atoms with E-state index in [0.717, 1.165) is 25.5 Å². The molecule has 0 spiro atoms. The summed E-state index contributed by atoms with van der Waals surface area (Å²) in [6.45, 7) is 6.98. The van der Waals surface area contributed by atoms with Crippen molar-refractivity contribution in [1.29, 1.82) is 0 Å². The molecule has 6 heteroatoms. The van der Waals surface area contributed by atoms with Crippen LogP contribution in [0, 0.1) is 5.92 Å². The van der Waals surface area contributed by atoms with Crippen LogP contribution in [0.15, 0.2) is 4.99 Å². The molecular formula is C10H21IN4O. The van der Waals surface area contributed by atoms with E-state index in [1.165, 1.54) is 0 Å². The van der Waals surface area contributed by atoms with Crippen molar-refractivity contribution in [3.63, 3.8) is 0 Å². The summed E-state index contributed by atoms with van der Waals surface area (Å²) in [6, 6.07) is 0. The Bertz CT molecular complexity index is 243. The topological polar surface area (TPSA) is 65.5 Å². The summed E-state index contributed by atoms with van der Waals surface area (Å²) in [6.07, 6.45) is 1.09. The number of amides is 1. The number of nitrogens with one attached hydrogen (secondary N) is 3. The lowest BCUT2D eigenvalue weighted by molar-refractivity contribution is -0.123. The largest absolute Gasteiger partial charge is 0.356 e. The van der Waals surface area contributed by atoms with Gasteiger partial charge in [0.2, 0.25) is 5.91 Å². The maximum atomic E-state index is 11.2. The first-order valence-corrected chi connectivity index (χ1v) is 5.50. The molecule has 0 fully saturated rings. The van der Waals surface area contributed by atoms with Gasteiger partial charge < -0.3 is 16.0 Å². The van der Waals surface area contributed by atoms with E-state index in [1.54, 1.807) is 0 Å². The van der Waals surface area contributed by atoms with Crippen LogP contribution in [0.5, 0.6) is 0 Å². The van der Waals surface area contributed by atoms with E-state index >= 15 is 0 Å². The van der Waals surface area contributed by atoms with E-state index in [2.05, 4.69) is 20.9 Å². The van der Waals surface area contributed by atoms with E-state index < -0.39 is 0 Å². The molecule has 1 aliphatic heterocycles. The average molecular weight is 340 g/mol. The Balaban J connectivity index is 0.00000225. The smallest absolute Gasteiger partial charge is 0.222 e. The Kier molecular flexibility index (Phi) is 8.32. The number of guanidine groups is 1. The molecule has 0 unspecified atom stereocenters. The SMILES string of the molecule is CC(C)C(=O)NCCNC1=NCCCN1.I. The molecule has 0 aromatic rings. The number of carbonyl (C=O) groups excluding carboxylic acids is 1. The van der Waals surface area contributed by atoms with Crippen molar-refractivity contribution in [2.24, 2.45) is 10.9 Å². The van der Waals surface area contributed by atoms with E-state index in [1.807, 2.05) is 13.8 Å². The summed E-state index contributed by atoms with van der Waals surface area (Å²) in [4.78, 5) is 15.5. The number of carbonyl (C=O) groups is 1. The van der Waals surface area contributed by atoms with Crippen molar-refractivity contribution in [2.45, 2.75) is 20.3 Å². The van der Waals surface area contributed by atoms with Gasteiger partial charge in [0.25, 0.3) is 0 Å². The number of hydrogen-bond acceptors (Lipinski definition) is 4. The van der Waals surface area contributed by atoms with Gasteiger partial charge in [0.05, 0.1) is 0 Å². The fourth-order valence-corrected chi connectivity index (χ4v) is 1.22. The number of hydrogen-bond donors (Lipinski definition) is 3. The van der Waals surface area contributed by atoms with Gasteiger partial charge in [0, 0.05) is 32.1 Å². The zero-order chi connectivity index (χ0) is 11.1. The first-order chi connectivity index (χ1) is 7.20. The van der Waals surface area contributed by atoms with Crippen molar-refractivity contribution >= 4 is 35.8 Å². The molecule has 0 aliphatic carbocycles. The molecule has 1 amide bonds. The second kappa shape index (κ2) is 8.60. The molecule has 5 nitrogen and oxygen atoms in total. The van der Waals surface area contributed by atoms with E-state index in [0.29, 0.717) is 13.1 Å². The second-order valence-corrected chi connectivity index (χ2v) is 3.88. The summed E-state index contributed by atoms with van der Waals surface area (Å²) in [5.41, 5.74) is 0. The first-order valence-electron chi connectivity index (χ1n) is 5.50. The Morgan fingerprint density at radius 2 is 2.25 bits per heavy atom. The highest BCUT2D eigenvalue weighted by molar-refractivity contribution is 14.0. The summed E-state index contributed by atoms with van der Waals surface area (Å²) >= 11 is 0. The van der Waals surface area contributed by atoms with Crippen molar-refractivity contribution in [2.75, 3.05) is 26.2 Å². The summed E-state index contributed by atoms with van der Waals surface area (Å²) in [5, 5.41) is 9.13. The average Bonchev–Trinajstić information content (AvgIpc) is 2.25. The van der Waals surface area contributed by atoms with Crippen LogP contribution in [0.25, 0.3) is 0 Å². The van der Waals surface area contributed by atoms with Crippen LogP contribution in [-0.4, -0.2) is 38.0 Å². The van der Waals surface area contributed by atoms with Gasteiger partial charge in [-0.05, 0) is 6.42 Å². The minimum absolute atomic E-state index is 0. The molecule has 0 aromatic heterocycles. The van der Waals surface area contributed by atoms with E-state index in [9.17, 15) is 4.79 Å². The van der Waals surface area contributed by atoms with Crippen molar-refractivity contribution in [1.82, 2.24) is 16.0 Å². The quantitative estimate of drug-likeness (QED) is 0.510. The van der Waals surface area contributed by atoms with Crippen LogP contribution in [-0.2, 0) is 4.79 Å². The van der Waals surface area contributed by atoms with Gasteiger partial charge in [-0.15, -0.1) is 24.0 Å². The Morgan fingerprint density at radius 3 is 2.81 bits per heavy atom. The van der Waals surface area contributed by atoms with Gasteiger partial charge in [-0.25, -0.2) is 0 Å². The van der Waals surface area contributed by atoms with Gasteiger partial charge in [-0.3, -0.25) is 9.79 Å². The van der Waals surface area contributed by atoms with Crippen LogP contribution in [0.2, 0.25) is 0 Å². The zero-order valence-corrected chi connectivity index (χ0v) is 12.2. The Morgan fingerprint density at radius 1 is 1.50 bits per heavy atom. The maximum absolute atomic E-state index is 11.2. The van der Waals surface area contributed by atoms with Crippen molar-refractivity contribution < 1.29 is 4.79 Å². The number of rotatable bonds is 4. The highest BCUT2D eigenvalue weighted by Gasteiger charge is 2.05. The number of aliphatic imine (C=N–C) groups is 1. The van der Waals surface area contributed by atoms with E-state index in [-0.39, 0.29) is 35.8 Å². The van der Waals surface area contributed by atoms with Gasteiger partial charge >= 0.3 is 0 Å². The molecular weight excluding hydrogens is 319 g/mol. The van der Waals surface area contributed by atoms with Gasteiger partial charge in [-0.2, -0.15) is 0 Å². The third-order valence-corrected chi connectivity index (χ3v) is 2.14. The van der Waals surface area contributed by atoms with Crippen LogP contribution >= 0.6 is 24.0 Å². The van der Waals surface area contributed by atoms with Crippen LogP contribution in [0.3, 0.4) is 0 Å². The minimum atomic E-state index is 0. The Labute approximate surface area is 114 Å². The summed E-state index contributed by atoms with van der Waals surface area (Å²) in [7, 11) is 0. The van der Waals surface area contributed by atoms with Crippen LogP contribution in [0.1, 0.15) is 20.3 Å². The summed E-state index contributed by atoms with van der Waals surface area (Å²) < 4.78 is 0. The fraction of sp³-hybridized carbons (Fsp3) is 0.800. The molecule has 94 valence electrons. The molecule has 0 radical (unpaired) electrons. The third-order valence-electron chi connectivity index (χ3n) is 2.14. The predicted molar refractivity (Wildman–Crippen MR) is 76.2 cm³/mol. The summed E-state index contributed by atoms with van der Waals surface area (Å²) in [5.74, 6) is 0.991. The van der Waals surface area contributed by atoms with Crippen molar-refractivity contribution in [3.05, 3.63) is 0 Å². The fourth-order valence-electron chi connectivity index (χ4n) is 1.22. The Hall–Kier alpha value is -0.530. The lowest BCUT2D eigenvalue weighted by Gasteiger charge is -2.16. The van der Waals surface area contributed by atoms with Gasteiger partial charge in [-0.1, -0.05) is 13.8 Å². The number of nitrogens with zero attached hydrogens (tertiary/aromatic N) is 1. The highest BCUT2D eigenvalue weighted by Crippen LogP contribution is 1.89. The molecule has 0 bridgehead atoms. The molecule has 16 heavy (non-hydrogen) atoms. The number of halogens is 1. The maximum Gasteiger partial charge on any atom is 0.222 e. The molecule has 1 aliphatic rings. The molecule has 1 rings (SSSR count). The minimum Gasteiger partial charge on any atom is -0.356 e. The predicted octanol–water partition coefficient (Wildman–Crippen LogP) is 0.315. The lowest BCUT2D eigenvalue weighted by Crippen LogP contribution is -2.44. The third kappa shape index (κ3) is 6.14. The molecule has 3 N–H and O–H groups in total. The molecule has 0 saturated carbocycles. The first kappa shape index (κ1) is 15.5. The molecule has 0 aromatic carbocycles. The standard InChI is InChI=1S/C10H20N4O.HI/c1-8(2)9(15)11-6-7-14-10-12-4-3-5-13-10;/h8H,3-7H2,1-2H3,(H,11,15)(H2,12,13,14);1H. The molecule has 0 saturated heterocycles. The zero-order valence-electron chi connectivity index (χ0n) is 9.88. The monoisotopic (exact) mass is 340 g/mol. The molecule has 1 heterocycles. The highest BCUT2D eigenvalue weighted by atomic mass is 127. The second-order valence-electron chi connectivity index (χ2n) is 3.88.